The summed E-state index contributed by atoms with van der Waals surface area (Å²) in [4.78, 5) is 17.5. The molecule has 0 bridgehead atoms. The van der Waals surface area contributed by atoms with E-state index >= 15 is 0 Å². The predicted molar refractivity (Wildman–Crippen MR) is 122 cm³/mol. The second-order valence-electron chi connectivity index (χ2n) is 6.87. The monoisotopic (exact) mass is 443 g/mol. The number of aryl methyl sites for hydroxylation is 2. The molecule has 6 nitrogen and oxygen atoms in total. The van der Waals surface area contributed by atoms with E-state index in [2.05, 4.69) is 10.3 Å². The van der Waals surface area contributed by atoms with Gasteiger partial charge in [0.25, 0.3) is 5.91 Å². The highest BCUT2D eigenvalue weighted by atomic mass is 32.2. The Labute approximate surface area is 181 Å². The van der Waals surface area contributed by atoms with E-state index in [1.54, 1.807) is 32.9 Å². The van der Waals surface area contributed by atoms with Gasteiger partial charge in [-0.1, -0.05) is 44.2 Å². The number of carbonyl (C=O) groups excluding carboxylic acids is 1. The van der Waals surface area contributed by atoms with E-state index < -0.39 is 10.0 Å². The van der Waals surface area contributed by atoms with Crippen LogP contribution < -0.4 is 5.32 Å². The zero-order valence-corrected chi connectivity index (χ0v) is 19.1. The molecule has 0 atom stereocenters. The van der Waals surface area contributed by atoms with Crippen molar-refractivity contribution in [1.29, 1.82) is 0 Å². The van der Waals surface area contributed by atoms with E-state index in [0.717, 1.165) is 16.8 Å². The van der Waals surface area contributed by atoms with Crippen molar-refractivity contribution >= 4 is 32.4 Å². The maximum Gasteiger partial charge on any atom is 0.257 e. The minimum absolute atomic E-state index is 0.113. The SMILES string of the molecule is CCN(CC)S(=O)(=O)c1ccc(C)c(C(=O)Nc2nc(-c3ccccc3C)cs2)c1. The smallest absolute Gasteiger partial charge is 0.257 e. The van der Waals surface area contributed by atoms with Crippen molar-refractivity contribution in [2.24, 2.45) is 0 Å². The Balaban J connectivity index is 1.87. The Morgan fingerprint density at radius 2 is 1.77 bits per heavy atom. The zero-order chi connectivity index (χ0) is 21.9. The van der Waals surface area contributed by atoms with Crippen LogP contribution in [0.15, 0.2) is 52.7 Å². The molecule has 30 heavy (non-hydrogen) atoms. The fourth-order valence-corrected chi connectivity index (χ4v) is 5.39. The van der Waals surface area contributed by atoms with Gasteiger partial charge in [0, 0.05) is 29.6 Å². The Hall–Kier alpha value is -2.55. The molecule has 0 saturated heterocycles. The summed E-state index contributed by atoms with van der Waals surface area (Å²) in [6.07, 6.45) is 0. The van der Waals surface area contributed by atoms with Gasteiger partial charge in [-0.15, -0.1) is 11.3 Å². The Morgan fingerprint density at radius 1 is 1.07 bits per heavy atom. The van der Waals surface area contributed by atoms with Crippen LogP contribution in [-0.4, -0.2) is 36.7 Å². The van der Waals surface area contributed by atoms with Crippen LogP contribution in [0.1, 0.15) is 35.3 Å². The lowest BCUT2D eigenvalue weighted by molar-refractivity contribution is 0.102. The first-order valence-electron chi connectivity index (χ1n) is 9.71. The topological polar surface area (TPSA) is 79.4 Å². The molecule has 1 amide bonds. The summed E-state index contributed by atoms with van der Waals surface area (Å²) in [5, 5.41) is 5.17. The molecule has 3 aromatic rings. The lowest BCUT2D eigenvalue weighted by Gasteiger charge is -2.19. The molecule has 0 spiro atoms. The summed E-state index contributed by atoms with van der Waals surface area (Å²) in [5.41, 5.74) is 3.92. The first-order chi connectivity index (χ1) is 14.3. The molecule has 0 fully saturated rings. The highest BCUT2D eigenvalue weighted by Crippen LogP contribution is 2.28. The van der Waals surface area contributed by atoms with Crippen LogP contribution in [0.2, 0.25) is 0 Å². The largest absolute Gasteiger partial charge is 0.298 e. The molecule has 0 radical (unpaired) electrons. The van der Waals surface area contributed by atoms with E-state index in [4.69, 9.17) is 0 Å². The number of hydrogen-bond acceptors (Lipinski definition) is 5. The summed E-state index contributed by atoms with van der Waals surface area (Å²) in [6.45, 7) is 8.11. The molecule has 0 aliphatic carbocycles. The molecule has 0 aliphatic rings. The van der Waals surface area contributed by atoms with Crippen molar-refractivity contribution in [3.63, 3.8) is 0 Å². The summed E-state index contributed by atoms with van der Waals surface area (Å²) >= 11 is 1.33. The minimum Gasteiger partial charge on any atom is -0.298 e. The van der Waals surface area contributed by atoms with Crippen molar-refractivity contribution in [2.75, 3.05) is 18.4 Å². The molecule has 3 rings (SSSR count). The number of aromatic nitrogens is 1. The number of hydrogen-bond donors (Lipinski definition) is 1. The third kappa shape index (κ3) is 4.45. The van der Waals surface area contributed by atoms with E-state index in [-0.39, 0.29) is 10.8 Å². The van der Waals surface area contributed by atoms with Gasteiger partial charge in [0.2, 0.25) is 10.0 Å². The summed E-state index contributed by atoms with van der Waals surface area (Å²) in [6, 6.07) is 12.6. The van der Waals surface area contributed by atoms with Crippen LogP contribution in [0.3, 0.4) is 0 Å². The molecule has 1 heterocycles. The molecule has 0 saturated carbocycles. The highest BCUT2D eigenvalue weighted by Gasteiger charge is 2.23. The van der Waals surface area contributed by atoms with Gasteiger partial charge in [0.1, 0.15) is 0 Å². The summed E-state index contributed by atoms with van der Waals surface area (Å²) in [5.74, 6) is -0.380. The fourth-order valence-electron chi connectivity index (χ4n) is 3.20. The van der Waals surface area contributed by atoms with E-state index in [1.807, 2.05) is 36.6 Å². The van der Waals surface area contributed by atoms with Gasteiger partial charge in [0.15, 0.2) is 5.13 Å². The van der Waals surface area contributed by atoms with E-state index in [9.17, 15) is 13.2 Å². The number of benzene rings is 2. The van der Waals surface area contributed by atoms with Crippen molar-refractivity contribution in [3.8, 4) is 11.3 Å². The quantitative estimate of drug-likeness (QED) is 0.574. The number of anilines is 1. The third-order valence-corrected chi connectivity index (χ3v) is 7.75. The molecular formula is C22H25N3O3S2. The Bertz CT molecular complexity index is 1170. The number of sulfonamides is 1. The zero-order valence-electron chi connectivity index (χ0n) is 17.5. The second kappa shape index (κ2) is 9.07. The first-order valence-corrected chi connectivity index (χ1v) is 12.0. The number of nitrogens with one attached hydrogen (secondary N) is 1. The average Bonchev–Trinajstić information content (AvgIpc) is 3.17. The molecule has 0 unspecified atom stereocenters. The lowest BCUT2D eigenvalue weighted by Crippen LogP contribution is -2.30. The lowest BCUT2D eigenvalue weighted by atomic mass is 10.1. The van der Waals surface area contributed by atoms with Gasteiger partial charge in [0.05, 0.1) is 10.6 Å². The van der Waals surface area contributed by atoms with Gasteiger partial charge >= 0.3 is 0 Å². The normalized spacial score (nSPS) is 11.6. The molecule has 1 aromatic heterocycles. The maximum atomic E-state index is 12.9. The average molecular weight is 444 g/mol. The van der Waals surface area contributed by atoms with Crippen LogP contribution in [-0.2, 0) is 10.0 Å². The third-order valence-electron chi connectivity index (χ3n) is 4.94. The van der Waals surface area contributed by atoms with E-state index in [1.165, 1.54) is 21.7 Å². The molecule has 2 aromatic carbocycles. The molecule has 158 valence electrons. The van der Waals surface area contributed by atoms with Crippen LogP contribution in [0.4, 0.5) is 5.13 Å². The predicted octanol–water partition coefficient (Wildman–Crippen LogP) is 4.71. The van der Waals surface area contributed by atoms with Crippen molar-refractivity contribution in [1.82, 2.24) is 9.29 Å². The second-order valence-corrected chi connectivity index (χ2v) is 9.67. The number of thiazole rings is 1. The van der Waals surface area contributed by atoms with Crippen LogP contribution in [0, 0.1) is 13.8 Å². The first kappa shape index (κ1) is 22.1. The standard InChI is InChI=1S/C22H25N3O3S2/c1-5-25(6-2)30(27,28)17-12-11-16(4)19(13-17)21(26)24-22-23-20(14-29-22)18-10-8-7-9-15(18)3/h7-14H,5-6H2,1-4H3,(H,23,24,26). The fraction of sp³-hybridized carbons (Fsp3) is 0.273. The van der Waals surface area contributed by atoms with Crippen LogP contribution >= 0.6 is 11.3 Å². The Morgan fingerprint density at radius 3 is 2.43 bits per heavy atom. The van der Waals surface area contributed by atoms with Crippen LogP contribution in [0.25, 0.3) is 11.3 Å². The Kier molecular flexibility index (Phi) is 6.70. The molecular weight excluding hydrogens is 418 g/mol. The van der Waals surface area contributed by atoms with E-state index in [0.29, 0.717) is 29.3 Å². The number of nitrogens with zero attached hydrogens (tertiary/aromatic N) is 2. The molecule has 1 N–H and O–H groups in total. The number of carbonyl (C=O) groups is 1. The van der Waals surface area contributed by atoms with Gasteiger partial charge in [-0.3, -0.25) is 10.1 Å². The highest BCUT2D eigenvalue weighted by molar-refractivity contribution is 7.89. The van der Waals surface area contributed by atoms with Gasteiger partial charge in [-0.2, -0.15) is 4.31 Å². The van der Waals surface area contributed by atoms with Gasteiger partial charge in [-0.05, 0) is 37.1 Å². The summed E-state index contributed by atoms with van der Waals surface area (Å²) < 4.78 is 27.0. The maximum absolute atomic E-state index is 12.9. The molecule has 8 heteroatoms. The summed E-state index contributed by atoms with van der Waals surface area (Å²) in [7, 11) is -3.64. The van der Waals surface area contributed by atoms with Gasteiger partial charge < -0.3 is 0 Å². The minimum atomic E-state index is -3.64. The van der Waals surface area contributed by atoms with Crippen LogP contribution in [0.5, 0.6) is 0 Å². The van der Waals surface area contributed by atoms with Crippen molar-refractivity contribution in [3.05, 3.63) is 64.5 Å². The number of amides is 1. The molecule has 0 aliphatic heterocycles. The number of rotatable bonds is 7. The van der Waals surface area contributed by atoms with Gasteiger partial charge in [-0.25, -0.2) is 13.4 Å². The van der Waals surface area contributed by atoms with Crippen molar-refractivity contribution < 1.29 is 13.2 Å². The van der Waals surface area contributed by atoms with Crippen molar-refractivity contribution in [2.45, 2.75) is 32.6 Å².